The monoisotopic (exact) mass is 279 g/mol. The molecule has 0 aromatic heterocycles. The Hall–Kier alpha value is -1.71. The Kier molecular flexibility index (Phi) is 6.36. The summed E-state index contributed by atoms with van der Waals surface area (Å²) in [5.74, 6) is 0.606. The first-order valence-electron chi connectivity index (χ1n) is 7.05. The van der Waals surface area contributed by atoms with Crippen molar-refractivity contribution in [3.63, 3.8) is 0 Å². The number of hydrogen-bond donors (Lipinski definition) is 1. The Morgan fingerprint density at radius 3 is 2.60 bits per heavy atom. The molecule has 0 radical (unpaired) electrons. The largest absolute Gasteiger partial charge is 0.495 e. The molecule has 0 heterocycles. The van der Waals surface area contributed by atoms with Crippen LogP contribution in [0.4, 0.5) is 5.69 Å². The Morgan fingerprint density at radius 2 is 2.05 bits per heavy atom. The van der Waals surface area contributed by atoms with E-state index in [1.54, 1.807) is 7.11 Å². The van der Waals surface area contributed by atoms with Gasteiger partial charge in [-0.15, -0.1) is 0 Å². The summed E-state index contributed by atoms with van der Waals surface area (Å²) in [4.78, 5) is 12.9. The maximum Gasteiger partial charge on any atom is 0.305 e. The highest BCUT2D eigenvalue weighted by Crippen LogP contribution is 2.30. The standard InChI is InChI=1S/C16H25NO3/c1-12(2)7-9-17(10-8-16(18)19)14-11-13(3)5-6-15(14)20-4/h5-6,11-12H,7-10H2,1-4H3,(H,18,19). The number of carbonyl (C=O) groups is 1. The third kappa shape index (κ3) is 5.11. The minimum atomic E-state index is -0.772. The number of ether oxygens (including phenoxy) is 1. The second-order valence-corrected chi connectivity index (χ2v) is 5.49. The molecule has 1 rings (SSSR count). The molecular weight excluding hydrogens is 254 g/mol. The van der Waals surface area contributed by atoms with E-state index in [0.29, 0.717) is 12.5 Å². The van der Waals surface area contributed by atoms with E-state index in [9.17, 15) is 4.79 Å². The van der Waals surface area contributed by atoms with Gasteiger partial charge < -0.3 is 14.7 Å². The van der Waals surface area contributed by atoms with Crippen molar-refractivity contribution >= 4 is 11.7 Å². The molecule has 0 spiro atoms. The molecule has 0 atom stereocenters. The van der Waals surface area contributed by atoms with Gasteiger partial charge in [0.1, 0.15) is 5.75 Å². The first-order valence-corrected chi connectivity index (χ1v) is 7.05. The SMILES string of the molecule is COc1ccc(C)cc1N(CCC(=O)O)CCC(C)C. The molecule has 1 aromatic rings. The summed E-state index contributed by atoms with van der Waals surface area (Å²) in [7, 11) is 1.64. The van der Waals surface area contributed by atoms with Crippen molar-refractivity contribution in [1.29, 1.82) is 0 Å². The van der Waals surface area contributed by atoms with Crippen LogP contribution >= 0.6 is 0 Å². The van der Waals surface area contributed by atoms with Crippen LogP contribution in [0.1, 0.15) is 32.3 Å². The molecule has 1 aromatic carbocycles. The van der Waals surface area contributed by atoms with E-state index in [1.165, 1.54) is 0 Å². The molecule has 4 heteroatoms. The lowest BCUT2D eigenvalue weighted by Crippen LogP contribution is -2.28. The van der Waals surface area contributed by atoms with Gasteiger partial charge in [-0.25, -0.2) is 0 Å². The van der Waals surface area contributed by atoms with E-state index >= 15 is 0 Å². The first-order chi connectivity index (χ1) is 9.43. The van der Waals surface area contributed by atoms with Gasteiger partial charge in [-0.2, -0.15) is 0 Å². The minimum Gasteiger partial charge on any atom is -0.495 e. The van der Waals surface area contributed by atoms with E-state index in [0.717, 1.165) is 30.0 Å². The summed E-state index contributed by atoms with van der Waals surface area (Å²) in [6.07, 6.45) is 1.16. The molecule has 0 aliphatic heterocycles. The Labute approximate surface area is 121 Å². The van der Waals surface area contributed by atoms with E-state index in [1.807, 2.05) is 19.1 Å². The second-order valence-electron chi connectivity index (χ2n) is 5.49. The van der Waals surface area contributed by atoms with E-state index in [2.05, 4.69) is 24.8 Å². The molecule has 112 valence electrons. The fourth-order valence-corrected chi connectivity index (χ4v) is 2.04. The second kappa shape index (κ2) is 7.78. The molecule has 0 saturated carbocycles. The van der Waals surface area contributed by atoms with Gasteiger partial charge in [-0.1, -0.05) is 19.9 Å². The van der Waals surface area contributed by atoms with Crippen molar-refractivity contribution in [2.45, 2.75) is 33.6 Å². The number of methoxy groups -OCH3 is 1. The predicted octanol–water partition coefficient (Wildman–Crippen LogP) is 3.33. The summed E-state index contributed by atoms with van der Waals surface area (Å²) >= 11 is 0. The average Bonchev–Trinajstić information content (AvgIpc) is 2.38. The average molecular weight is 279 g/mol. The summed E-state index contributed by atoms with van der Waals surface area (Å²) in [6.45, 7) is 7.71. The molecule has 0 bridgehead atoms. The predicted molar refractivity (Wildman–Crippen MR) is 81.7 cm³/mol. The van der Waals surface area contributed by atoms with Crippen molar-refractivity contribution in [3.05, 3.63) is 23.8 Å². The number of carboxylic acids is 1. The molecule has 0 fully saturated rings. The number of aliphatic carboxylic acids is 1. The van der Waals surface area contributed by atoms with Gasteiger partial charge in [0, 0.05) is 13.1 Å². The van der Waals surface area contributed by atoms with Crippen molar-refractivity contribution in [3.8, 4) is 5.75 Å². The highest BCUT2D eigenvalue weighted by atomic mass is 16.5. The number of rotatable bonds is 8. The Morgan fingerprint density at radius 1 is 1.35 bits per heavy atom. The number of hydrogen-bond acceptors (Lipinski definition) is 3. The van der Waals surface area contributed by atoms with E-state index < -0.39 is 5.97 Å². The molecule has 0 saturated heterocycles. The number of carboxylic acid groups (broad SMARTS) is 1. The van der Waals surface area contributed by atoms with Gasteiger partial charge in [0.25, 0.3) is 0 Å². The molecule has 20 heavy (non-hydrogen) atoms. The zero-order valence-corrected chi connectivity index (χ0v) is 12.8. The fourth-order valence-electron chi connectivity index (χ4n) is 2.04. The van der Waals surface area contributed by atoms with Gasteiger partial charge in [0.2, 0.25) is 0 Å². The topological polar surface area (TPSA) is 49.8 Å². The lowest BCUT2D eigenvalue weighted by atomic mass is 10.1. The number of anilines is 1. The summed E-state index contributed by atoms with van der Waals surface area (Å²) in [5, 5.41) is 8.91. The number of aryl methyl sites for hydroxylation is 1. The zero-order chi connectivity index (χ0) is 15.1. The van der Waals surface area contributed by atoms with Gasteiger partial charge >= 0.3 is 5.97 Å². The molecule has 4 nitrogen and oxygen atoms in total. The molecular formula is C16H25NO3. The summed E-state index contributed by atoms with van der Waals surface area (Å²) in [5.41, 5.74) is 2.13. The molecule has 0 aliphatic carbocycles. The van der Waals surface area contributed by atoms with Crippen molar-refractivity contribution in [2.75, 3.05) is 25.1 Å². The van der Waals surface area contributed by atoms with Gasteiger partial charge in [0.05, 0.1) is 19.2 Å². The normalized spacial score (nSPS) is 10.7. The van der Waals surface area contributed by atoms with Gasteiger partial charge in [-0.05, 0) is 37.0 Å². The van der Waals surface area contributed by atoms with Crippen LogP contribution in [0.25, 0.3) is 0 Å². The minimum absolute atomic E-state index is 0.134. The lowest BCUT2D eigenvalue weighted by molar-refractivity contribution is -0.136. The fraction of sp³-hybridized carbons (Fsp3) is 0.562. The van der Waals surface area contributed by atoms with Gasteiger partial charge in [0.15, 0.2) is 0 Å². The van der Waals surface area contributed by atoms with Crippen molar-refractivity contribution < 1.29 is 14.6 Å². The van der Waals surface area contributed by atoms with Crippen LogP contribution in [-0.2, 0) is 4.79 Å². The van der Waals surface area contributed by atoms with Crippen LogP contribution in [0, 0.1) is 12.8 Å². The molecule has 0 amide bonds. The van der Waals surface area contributed by atoms with Crippen LogP contribution in [0.3, 0.4) is 0 Å². The number of nitrogens with zero attached hydrogens (tertiary/aromatic N) is 1. The van der Waals surface area contributed by atoms with Crippen molar-refractivity contribution in [1.82, 2.24) is 0 Å². The first kappa shape index (κ1) is 16.3. The van der Waals surface area contributed by atoms with Crippen LogP contribution < -0.4 is 9.64 Å². The van der Waals surface area contributed by atoms with Crippen LogP contribution in [0.15, 0.2) is 18.2 Å². The maximum atomic E-state index is 10.8. The van der Waals surface area contributed by atoms with Crippen LogP contribution in [0.2, 0.25) is 0 Å². The Bertz CT molecular complexity index is 443. The highest BCUT2D eigenvalue weighted by Gasteiger charge is 2.14. The summed E-state index contributed by atoms with van der Waals surface area (Å²) < 4.78 is 5.41. The molecule has 0 aliphatic rings. The number of benzene rings is 1. The van der Waals surface area contributed by atoms with Crippen LogP contribution in [-0.4, -0.2) is 31.3 Å². The highest BCUT2D eigenvalue weighted by molar-refractivity contribution is 5.68. The lowest BCUT2D eigenvalue weighted by Gasteiger charge is -2.27. The third-order valence-electron chi connectivity index (χ3n) is 3.25. The van der Waals surface area contributed by atoms with E-state index in [4.69, 9.17) is 9.84 Å². The Balaban J connectivity index is 2.95. The molecule has 1 N–H and O–H groups in total. The molecule has 0 unspecified atom stereocenters. The van der Waals surface area contributed by atoms with Gasteiger partial charge in [-0.3, -0.25) is 4.79 Å². The zero-order valence-electron chi connectivity index (χ0n) is 12.8. The quantitative estimate of drug-likeness (QED) is 0.793. The summed E-state index contributed by atoms with van der Waals surface area (Å²) in [6, 6.07) is 6.00. The third-order valence-corrected chi connectivity index (χ3v) is 3.25. The van der Waals surface area contributed by atoms with Crippen molar-refractivity contribution in [2.24, 2.45) is 5.92 Å². The van der Waals surface area contributed by atoms with E-state index in [-0.39, 0.29) is 6.42 Å². The van der Waals surface area contributed by atoms with Crippen LogP contribution in [0.5, 0.6) is 5.75 Å². The smallest absolute Gasteiger partial charge is 0.305 e. The maximum absolute atomic E-state index is 10.8.